The Kier molecular flexibility index (Phi) is 2.98. The Morgan fingerprint density at radius 2 is 1.65 bits per heavy atom. The maximum atomic E-state index is 10.8. The molecule has 0 amide bonds. The van der Waals surface area contributed by atoms with Gasteiger partial charge < -0.3 is 5.32 Å². The number of nitrogens with zero attached hydrogens (tertiary/aromatic N) is 3. The predicted octanol–water partition coefficient (Wildman–Crippen LogP) is 0.862. The second-order valence-corrected chi connectivity index (χ2v) is 4.51. The molecule has 1 aromatic heterocycles. The molecule has 7 nitrogen and oxygen atoms in total. The summed E-state index contributed by atoms with van der Waals surface area (Å²) < 4.78 is 30.4. The molecule has 0 bridgehead atoms. The lowest BCUT2D eigenvalue weighted by molar-refractivity contribution is 0.483. The van der Waals surface area contributed by atoms with Crippen LogP contribution in [0.3, 0.4) is 0 Å². The third-order valence-electron chi connectivity index (χ3n) is 1.90. The van der Waals surface area contributed by atoms with Crippen molar-refractivity contribution in [1.82, 2.24) is 15.0 Å². The van der Waals surface area contributed by atoms with E-state index in [0.717, 1.165) is 0 Å². The van der Waals surface area contributed by atoms with Crippen LogP contribution in [-0.2, 0) is 10.1 Å². The fraction of sp³-hybridized carbons (Fsp3) is 0. The molecular formula is C9H8N4O3S. The molecule has 17 heavy (non-hydrogen) atoms. The summed E-state index contributed by atoms with van der Waals surface area (Å²) in [6.07, 6.45) is 2.67. The van der Waals surface area contributed by atoms with E-state index in [4.69, 9.17) is 4.55 Å². The van der Waals surface area contributed by atoms with E-state index >= 15 is 0 Å². The molecular weight excluding hydrogens is 244 g/mol. The van der Waals surface area contributed by atoms with Gasteiger partial charge in [0.15, 0.2) is 0 Å². The van der Waals surface area contributed by atoms with Gasteiger partial charge in [0.05, 0.1) is 4.90 Å². The van der Waals surface area contributed by atoms with Crippen LogP contribution in [0.25, 0.3) is 0 Å². The van der Waals surface area contributed by atoms with Crippen LogP contribution in [0.15, 0.2) is 41.8 Å². The van der Waals surface area contributed by atoms with Crippen molar-refractivity contribution < 1.29 is 13.0 Å². The third kappa shape index (κ3) is 2.95. The fourth-order valence-electron chi connectivity index (χ4n) is 1.14. The van der Waals surface area contributed by atoms with Crippen LogP contribution in [0.5, 0.6) is 0 Å². The molecule has 0 aliphatic carbocycles. The molecule has 2 aromatic rings. The molecule has 8 heteroatoms. The van der Waals surface area contributed by atoms with E-state index in [0.29, 0.717) is 11.6 Å². The van der Waals surface area contributed by atoms with Gasteiger partial charge in [0.25, 0.3) is 10.1 Å². The van der Waals surface area contributed by atoms with Gasteiger partial charge in [0, 0.05) is 5.69 Å². The normalized spacial score (nSPS) is 11.1. The van der Waals surface area contributed by atoms with Crippen molar-refractivity contribution in [3.8, 4) is 0 Å². The number of hydrogen-bond acceptors (Lipinski definition) is 6. The second kappa shape index (κ2) is 4.44. The van der Waals surface area contributed by atoms with Crippen molar-refractivity contribution in [2.75, 3.05) is 5.32 Å². The van der Waals surface area contributed by atoms with Gasteiger partial charge in [0.2, 0.25) is 5.95 Å². The number of nitrogens with one attached hydrogen (secondary N) is 1. The summed E-state index contributed by atoms with van der Waals surface area (Å²) >= 11 is 0. The van der Waals surface area contributed by atoms with E-state index in [2.05, 4.69) is 20.3 Å². The molecule has 0 unspecified atom stereocenters. The molecule has 0 spiro atoms. The summed E-state index contributed by atoms with van der Waals surface area (Å²) in [4.78, 5) is 11.2. The summed E-state index contributed by atoms with van der Waals surface area (Å²) in [6, 6.07) is 5.54. The number of anilines is 2. The van der Waals surface area contributed by atoms with Crippen molar-refractivity contribution in [3.05, 3.63) is 36.9 Å². The van der Waals surface area contributed by atoms with Gasteiger partial charge in [-0.3, -0.25) is 4.55 Å². The van der Waals surface area contributed by atoms with Gasteiger partial charge >= 0.3 is 0 Å². The SMILES string of the molecule is O=S(=O)(O)c1ccc(Nc2ncncn2)cc1. The van der Waals surface area contributed by atoms with Crippen molar-refractivity contribution in [2.45, 2.75) is 4.90 Å². The van der Waals surface area contributed by atoms with E-state index in [1.165, 1.54) is 36.9 Å². The Balaban J connectivity index is 2.20. The van der Waals surface area contributed by atoms with Crippen LogP contribution < -0.4 is 5.32 Å². The molecule has 2 rings (SSSR count). The molecule has 0 aliphatic heterocycles. The van der Waals surface area contributed by atoms with Crippen LogP contribution in [-0.4, -0.2) is 27.9 Å². The first-order chi connectivity index (χ1) is 8.05. The largest absolute Gasteiger partial charge is 0.324 e. The van der Waals surface area contributed by atoms with Gasteiger partial charge in [-0.05, 0) is 24.3 Å². The van der Waals surface area contributed by atoms with E-state index < -0.39 is 10.1 Å². The average molecular weight is 252 g/mol. The molecule has 0 radical (unpaired) electrons. The fourth-order valence-corrected chi connectivity index (χ4v) is 1.62. The minimum absolute atomic E-state index is 0.168. The van der Waals surface area contributed by atoms with Gasteiger partial charge in [-0.15, -0.1) is 0 Å². The van der Waals surface area contributed by atoms with Gasteiger partial charge in [-0.2, -0.15) is 8.42 Å². The topological polar surface area (TPSA) is 105 Å². The maximum absolute atomic E-state index is 10.8. The quantitative estimate of drug-likeness (QED) is 0.780. The van der Waals surface area contributed by atoms with E-state index in [9.17, 15) is 8.42 Å². The van der Waals surface area contributed by atoms with Crippen molar-refractivity contribution >= 4 is 21.8 Å². The molecule has 88 valence electrons. The van der Waals surface area contributed by atoms with Crippen LogP contribution in [0.4, 0.5) is 11.6 Å². The van der Waals surface area contributed by atoms with Crippen LogP contribution in [0.2, 0.25) is 0 Å². The summed E-state index contributed by atoms with van der Waals surface area (Å²) in [5.41, 5.74) is 0.601. The molecule has 2 N–H and O–H groups in total. The maximum Gasteiger partial charge on any atom is 0.294 e. The Morgan fingerprint density at radius 3 is 2.18 bits per heavy atom. The molecule has 1 aromatic carbocycles. The smallest absolute Gasteiger partial charge is 0.294 e. The number of rotatable bonds is 3. The molecule has 0 fully saturated rings. The highest BCUT2D eigenvalue weighted by atomic mass is 32.2. The van der Waals surface area contributed by atoms with Gasteiger partial charge in [-0.25, -0.2) is 15.0 Å². The lowest BCUT2D eigenvalue weighted by Crippen LogP contribution is -1.99. The first-order valence-electron chi connectivity index (χ1n) is 4.52. The van der Waals surface area contributed by atoms with Crippen LogP contribution in [0, 0.1) is 0 Å². The highest BCUT2D eigenvalue weighted by Gasteiger charge is 2.08. The molecule has 0 saturated carbocycles. The number of aromatic nitrogens is 3. The highest BCUT2D eigenvalue weighted by molar-refractivity contribution is 7.85. The summed E-state index contributed by atoms with van der Waals surface area (Å²) in [7, 11) is -4.16. The Hall–Kier alpha value is -2.06. The first-order valence-corrected chi connectivity index (χ1v) is 5.96. The Morgan fingerprint density at radius 1 is 1.06 bits per heavy atom. The molecule has 1 heterocycles. The average Bonchev–Trinajstić information content (AvgIpc) is 2.30. The van der Waals surface area contributed by atoms with Crippen LogP contribution in [0.1, 0.15) is 0 Å². The zero-order chi connectivity index (χ0) is 12.3. The molecule has 0 atom stereocenters. The van der Waals surface area contributed by atoms with Crippen molar-refractivity contribution in [2.24, 2.45) is 0 Å². The second-order valence-electron chi connectivity index (χ2n) is 3.09. The van der Waals surface area contributed by atoms with E-state index in [-0.39, 0.29) is 4.90 Å². The van der Waals surface area contributed by atoms with E-state index in [1.54, 1.807) is 0 Å². The van der Waals surface area contributed by atoms with Crippen molar-refractivity contribution in [3.63, 3.8) is 0 Å². The monoisotopic (exact) mass is 252 g/mol. The molecule has 0 aliphatic rings. The standard InChI is InChI=1S/C9H8N4O3S/c14-17(15,16)8-3-1-7(2-4-8)13-9-11-5-10-6-12-9/h1-6H,(H,14,15,16)(H,10,11,12,13). The summed E-state index contributed by atoms with van der Waals surface area (Å²) in [5, 5.41) is 2.84. The third-order valence-corrected chi connectivity index (χ3v) is 2.77. The van der Waals surface area contributed by atoms with Crippen LogP contribution >= 0.6 is 0 Å². The van der Waals surface area contributed by atoms with Gasteiger partial charge in [-0.1, -0.05) is 0 Å². The van der Waals surface area contributed by atoms with Gasteiger partial charge in [0.1, 0.15) is 12.7 Å². The van der Waals surface area contributed by atoms with Crippen molar-refractivity contribution in [1.29, 1.82) is 0 Å². The lowest BCUT2D eigenvalue weighted by Gasteiger charge is -2.04. The Labute approximate surface area is 97.3 Å². The minimum atomic E-state index is -4.16. The first kappa shape index (κ1) is 11.4. The number of hydrogen-bond donors (Lipinski definition) is 2. The predicted molar refractivity (Wildman–Crippen MR) is 59.4 cm³/mol. The summed E-state index contributed by atoms with van der Waals surface area (Å²) in [5.74, 6) is 0.347. The zero-order valence-electron chi connectivity index (χ0n) is 8.48. The minimum Gasteiger partial charge on any atom is -0.324 e. The highest BCUT2D eigenvalue weighted by Crippen LogP contribution is 2.15. The Bertz CT molecular complexity index is 598. The lowest BCUT2D eigenvalue weighted by atomic mass is 10.3. The number of benzene rings is 1. The summed E-state index contributed by atoms with van der Waals surface area (Å²) in [6.45, 7) is 0. The zero-order valence-corrected chi connectivity index (χ0v) is 9.29. The molecule has 0 saturated heterocycles. The van der Waals surface area contributed by atoms with E-state index in [1.807, 2.05) is 0 Å².